The van der Waals surface area contributed by atoms with E-state index in [1.165, 1.54) is 18.8 Å². The zero-order valence-electron chi connectivity index (χ0n) is 9.66. The Bertz CT molecular complexity index is 551. The molecule has 0 saturated heterocycles. The van der Waals surface area contributed by atoms with Gasteiger partial charge in [-0.3, -0.25) is 0 Å². The van der Waals surface area contributed by atoms with Crippen LogP contribution in [-0.2, 0) is 15.6 Å². The van der Waals surface area contributed by atoms with Crippen molar-refractivity contribution in [3.8, 4) is 0 Å². The molecule has 0 amide bonds. The normalized spacial score (nSPS) is 15.4. The van der Waals surface area contributed by atoms with Crippen molar-refractivity contribution in [2.45, 2.75) is 5.60 Å². The highest BCUT2D eigenvalue weighted by atomic mass is 32.2. The Balaban J connectivity index is 2.35. The van der Waals surface area contributed by atoms with E-state index in [0.29, 0.717) is 5.56 Å². The Hall–Kier alpha value is -1.57. The van der Waals surface area contributed by atoms with E-state index in [1.807, 2.05) is 0 Å². The first-order chi connectivity index (χ1) is 8.42. The molecule has 0 aliphatic rings. The van der Waals surface area contributed by atoms with E-state index in [4.69, 9.17) is 8.83 Å². The van der Waals surface area contributed by atoms with Gasteiger partial charge in [-0.15, -0.1) is 0 Å². The predicted octanol–water partition coefficient (Wildman–Crippen LogP) is 0.658. The highest BCUT2D eigenvalue weighted by Crippen LogP contribution is 2.29. The maximum absolute atomic E-state index is 11.1. The molecule has 2 N–H and O–H groups in total. The Kier molecular flexibility index (Phi) is 3.29. The van der Waals surface area contributed by atoms with Gasteiger partial charge in [0.2, 0.25) is 10.0 Å². The average molecular weight is 271 g/mol. The molecule has 18 heavy (non-hydrogen) atoms. The maximum Gasteiger partial charge on any atom is 0.208 e. The van der Waals surface area contributed by atoms with Crippen LogP contribution in [0.2, 0.25) is 0 Å². The fourth-order valence-electron chi connectivity index (χ4n) is 1.58. The highest BCUT2D eigenvalue weighted by Gasteiger charge is 2.36. The lowest BCUT2D eigenvalue weighted by Crippen LogP contribution is -2.40. The van der Waals surface area contributed by atoms with Gasteiger partial charge in [0.25, 0.3) is 0 Å². The Labute approximate surface area is 104 Å². The van der Waals surface area contributed by atoms with Gasteiger partial charge in [0.1, 0.15) is 5.76 Å². The van der Waals surface area contributed by atoms with Crippen LogP contribution in [0, 0.1) is 0 Å². The average Bonchev–Trinajstić information content (AvgIpc) is 2.97. The predicted molar refractivity (Wildman–Crippen MR) is 63.3 cm³/mol. The second kappa shape index (κ2) is 4.60. The zero-order valence-corrected chi connectivity index (χ0v) is 10.5. The quantitative estimate of drug-likeness (QED) is 0.833. The first-order valence-electron chi connectivity index (χ1n) is 5.15. The fourth-order valence-corrected chi connectivity index (χ4v) is 2.05. The molecule has 1 unspecified atom stereocenters. The molecule has 2 heterocycles. The summed E-state index contributed by atoms with van der Waals surface area (Å²) in [7, 11) is -3.42. The third kappa shape index (κ3) is 2.63. The molecule has 2 rings (SSSR count). The standard InChI is InChI=1S/C11H13NO5S/c1-18(14,15)12-8-11(13,9-4-6-16-7-9)10-3-2-5-17-10/h2-7,12-13H,8H2,1H3. The maximum atomic E-state index is 11.1. The van der Waals surface area contributed by atoms with Gasteiger partial charge >= 0.3 is 0 Å². The summed E-state index contributed by atoms with van der Waals surface area (Å²) in [6, 6.07) is 4.73. The zero-order chi connectivity index (χ0) is 13.2. The smallest absolute Gasteiger partial charge is 0.208 e. The van der Waals surface area contributed by atoms with Crippen LogP contribution in [-0.4, -0.2) is 26.3 Å². The monoisotopic (exact) mass is 271 g/mol. The summed E-state index contributed by atoms with van der Waals surface area (Å²) < 4.78 is 34.6. The molecule has 7 heteroatoms. The molecule has 2 aromatic heterocycles. The van der Waals surface area contributed by atoms with E-state index in [9.17, 15) is 13.5 Å². The number of hydrogen-bond acceptors (Lipinski definition) is 5. The molecule has 0 bridgehead atoms. The largest absolute Gasteiger partial charge is 0.472 e. The second-order valence-electron chi connectivity index (χ2n) is 3.94. The minimum absolute atomic E-state index is 0.236. The summed E-state index contributed by atoms with van der Waals surface area (Å²) in [5.41, 5.74) is -1.19. The number of rotatable bonds is 5. The van der Waals surface area contributed by atoms with Crippen LogP contribution < -0.4 is 4.72 Å². The Morgan fingerprint density at radius 3 is 2.67 bits per heavy atom. The van der Waals surface area contributed by atoms with Crippen molar-refractivity contribution >= 4 is 10.0 Å². The minimum Gasteiger partial charge on any atom is -0.472 e. The molecule has 0 radical (unpaired) electrons. The number of furan rings is 2. The van der Waals surface area contributed by atoms with Crippen LogP contribution in [0.5, 0.6) is 0 Å². The van der Waals surface area contributed by atoms with Crippen molar-refractivity contribution < 1.29 is 22.4 Å². The molecule has 0 aliphatic carbocycles. The summed E-state index contributed by atoms with van der Waals surface area (Å²) in [6.45, 7) is -0.237. The lowest BCUT2D eigenvalue weighted by atomic mass is 9.94. The molecule has 1 atom stereocenters. The molecule has 0 saturated carbocycles. The Morgan fingerprint density at radius 2 is 2.17 bits per heavy atom. The summed E-state index contributed by atoms with van der Waals surface area (Å²) in [4.78, 5) is 0. The van der Waals surface area contributed by atoms with E-state index in [1.54, 1.807) is 18.2 Å². The molecule has 0 fully saturated rings. The van der Waals surface area contributed by atoms with Gasteiger partial charge in [-0.2, -0.15) is 0 Å². The third-order valence-electron chi connectivity index (χ3n) is 2.52. The third-order valence-corrected chi connectivity index (χ3v) is 3.19. The molecule has 6 nitrogen and oxygen atoms in total. The number of hydrogen-bond donors (Lipinski definition) is 2. The minimum atomic E-state index is -3.42. The summed E-state index contributed by atoms with van der Waals surface area (Å²) in [6.07, 6.45) is 5.15. The van der Waals surface area contributed by atoms with Crippen molar-refractivity contribution in [2.24, 2.45) is 0 Å². The van der Waals surface area contributed by atoms with Crippen molar-refractivity contribution in [1.29, 1.82) is 0 Å². The van der Waals surface area contributed by atoms with Crippen LogP contribution in [0.1, 0.15) is 11.3 Å². The highest BCUT2D eigenvalue weighted by molar-refractivity contribution is 7.88. The van der Waals surface area contributed by atoms with E-state index < -0.39 is 15.6 Å². The van der Waals surface area contributed by atoms with Crippen molar-refractivity contribution in [1.82, 2.24) is 4.72 Å². The lowest BCUT2D eigenvalue weighted by Gasteiger charge is -2.24. The summed E-state index contributed by atoms with van der Waals surface area (Å²) in [5, 5.41) is 10.6. The summed E-state index contributed by atoms with van der Waals surface area (Å²) in [5.74, 6) is 0.236. The number of nitrogens with one attached hydrogen (secondary N) is 1. The molecule has 2 aromatic rings. The van der Waals surface area contributed by atoms with E-state index in [0.717, 1.165) is 6.26 Å². The van der Waals surface area contributed by atoms with Crippen LogP contribution in [0.15, 0.2) is 45.8 Å². The van der Waals surface area contributed by atoms with E-state index in [-0.39, 0.29) is 12.3 Å². The molecule has 0 spiro atoms. The second-order valence-corrected chi connectivity index (χ2v) is 5.78. The fraction of sp³-hybridized carbons (Fsp3) is 0.273. The van der Waals surface area contributed by atoms with E-state index >= 15 is 0 Å². The Morgan fingerprint density at radius 1 is 1.39 bits per heavy atom. The molecule has 0 aliphatic heterocycles. The van der Waals surface area contributed by atoms with Crippen LogP contribution >= 0.6 is 0 Å². The lowest BCUT2D eigenvalue weighted by molar-refractivity contribution is 0.0613. The molecule has 98 valence electrons. The molecule has 0 aromatic carbocycles. The van der Waals surface area contributed by atoms with Gasteiger partial charge < -0.3 is 13.9 Å². The first kappa shape index (κ1) is 12.9. The number of sulfonamides is 1. The van der Waals surface area contributed by atoms with Crippen LogP contribution in [0.4, 0.5) is 0 Å². The van der Waals surface area contributed by atoms with Gasteiger partial charge in [-0.1, -0.05) is 0 Å². The summed E-state index contributed by atoms with van der Waals surface area (Å²) >= 11 is 0. The van der Waals surface area contributed by atoms with Gasteiger partial charge in [0, 0.05) is 5.56 Å². The number of aliphatic hydroxyl groups is 1. The van der Waals surface area contributed by atoms with Gasteiger partial charge in [-0.25, -0.2) is 13.1 Å². The van der Waals surface area contributed by atoms with Crippen LogP contribution in [0.25, 0.3) is 0 Å². The van der Waals surface area contributed by atoms with E-state index in [2.05, 4.69) is 4.72 Å². The topological polar surface area (TPSA) is 92.7 Å². The van der Waals surface area contributed by atoms with Crippen molar-refractivity contribution in [3.05, 3.63) is 48.3 Å². The first-order valence-corrected chi connectivity index (χ1v) is 7.05. The molecular formula is C11H13NO5S. The van der Waals surface area contributed by atoms with Gasteiger partial charge in [0.15, 0.2) is 5.60 Å². The molecular weight excluding hydrogens is 258 g/mol. The van der Waals surface area contributed by atoms with Crippen LogP contribution in [0.3, 0.4) is 0 Å². The van der Waals surface area contributed by atoms with Crippen molar-refractivity contribution in [2.75, 3.05) is 12.8 Å². The van der Waals surface area contributed by atoms with Gasteiger partial charge in [-0.05, 0) is 18.2 Å². The van der Waals surface area contributed by atoms with Gasteiger partial charge in [0.05, 0.1) is 31.6 Å². The SMILES string of the molecule is CS(=O)(=O)NCC(O)(c1ccoc1)c1ccco1. The van der Waals surface area contributed by atoms with Crippen molar-refractivity contribution in [3.63, 3.8) is 0 Å².